The molecule has 0 saturated heterocycles. The van der Waals surface area contributed by atoms with Crippen LogP contribution in [-0.2, 0) is 6.54 Å². The van der Waals surface area contributed by atoms with Gasteiger partial charge in [-0.2, -0.15) is 0 Å². The first-order chi connectivity index (χ1) is 6.15. The van der Waals surface area contributed by atoms with E-state index in [2.05, 4.69) is 15.3 Å². The summed E-state index contributed by atoms with van der Waals surface area (Å²) in [6.07, 6.45) is 1.28. The van der Waals surface area contributed by atoms with Crippen LogP contribution in [0.1, 0.15) is 16.3 Å². The van der Waals surface area contributed by atoms with Crippen molar-refractivity contribution in [1.82, 2.24) is 15.3 Å². The molecule has 1 heterocycles. The molecule has 0 bridgehead atoms. The molecule has 0 amide bonds. The number of aromatic carboxylic acids is 1. The lowest BCUT2D eigenvalue weighted by Crippen LogP contribution is -2.12. The Balaban J connectivity index is 3.04. The minimum atomic E-state index is -1.15. The van der Waals surface area contributed by atoms with Crippen molar-refractivity contribution < 1.29 is 9.90 Å². The highest BCUT2D eigenvalue weighted by molar-refractivity contribution is 6.33. The number of carboxylic acids is 1. The third kappa shape index (κ3) is 2.37. The molecule has 0 aromatic carbocycles. The third-order valence-electron chi connectivity index (χ3n) is 1.33. The average Bonchev–Trinajstić information content (AvgIpc) is 2.08. The van der Waals surface area contributed by atoms with Gasteiger partial charge >= 0.3 is 5.97 Å². The van der Waals surface area contributed by atoms with Crippen LogP contribution in [0.15, 0.2) is 6.20 Å². The van der Waals surface area contributed by atoms with E-state index in [-0.39, 0.29) is 10.7 Å². The number of carboxylic acid groups (broad SMARTS) is 1. The van der Waals surface area contributed by atoms with Crippen molar-refractivity contribution in [2.75, 3.05) is 7.05 Å². The first-order valence-electron chi connectivity index (χ1n) is 3.54. The lowest BCUT2D eigenvalue weighted by molar-refractivity contribution is 0.0690. The molecule has 0 aliphatic heterocycles. The van der Waals surface area contributed by atoms with Crippen molar-refractivity contribution in [1.29, 1.82) is 0 Å². The molecule has 1 aromatic heterocycles. The summed E-state index contributed by atoms with van der Waals surface area (Å²) >= 11 is 5.57. The molecular weight excluding hydrogens is 194 g/mol. The molecule has 0 radical (unpaired) electrons. The molecule has 0 aliphatic rings. The highest BCUT2D eigenvalue weighted by atomic mass is 35.5. The van der Waals surface area contributed by atoms with Gasteiger partial charge in [0.1, 0.15) is 5.82 Å². The van der Waals surface area contributed by atoms with Crippen LogP contribution < -0.4 is 5.32 Å². The number of halogens is 1. The van der Waals surface area contributed by atoms with Crippen LogP contribution in [0.25, 0.3) is 0 Å². The molecular formula is C7H8ClN3O2. The normalized spacial score (nSPS) is 10.0. The Labute approximate surface area is 79.8 Å². The van der Waals surface area contributed by atoms with Gasteiger partial charge in [0.25, 0.3) is 0 Å². The first-order valence-corrected chi connectivity index (χ1v) is 3.92. The van der Waals surface area contributed by atoms with Crippen LogP contribution in [0, 0.1) is 0 Å². The zero-order valence-electron chi connectivity index (χ0n) is 6.91. The molecule has 70 valence electrons. The lowest BCUT2D eigenvalue weighted by atomic mass is 10.4. The quantitative estimate of drug-likeness (QED) is 0.747. The van der Waals surface area contributed by atoms with Gasteiger partial charge in [-0.25, -0.2) is 14.8 Å². The monoisotopic (exact) mass is 201 g/mol. The Hall–Kier alpha value is -1.20. The van der Waals surface area contributed by atoms with Crippen molar-refractivity contribution in [3.8, 4) is 0 Å². The van der Waals surface area contributed by atoms with E-state index in [1.165, 1.54) is 6.20 Å². The fourth-order valence-electron chi connectivity index (χ4n) is 0.797. The van der Waals surface area contributed by atoms with Gasteiger partial charge in [-0.1, -0.05) is 11.6 Å². The molecule has 0 saturated carbocycles. The standard InChI is InChI=1S/C7H8ClN3O2/c1-9-3-5-10-2-4(8)6(11-5)7(12)13/h2,9H,3H2,1H3,(H,12,13). The molecule has 0 unspecified atom stereocenters. The third-order valence-corrected chi connectivity index (χ3v) is 1.61. The van der Waals surface area contributed by atoms with Crippen molar-refractivity contribution in [2.24, 2.45) is 0 Å². The van der Waals surface area contributed by atoms with Crippen LogP contribution in [0.2, 0.25) is 5.02 Å². The smallest absolute Gasteiger partial charge is 0.356 e. The SMILES string of the molecule is CNCc1ncc(Cl)c(C(=O)O)n1. The van der Waals surface area contributed by atoms with Crippen molar-refractivity contribution in [2.45, 2.75) is 6.54 Å². The fraction of sp³-hybridized carbons (Fsp3) is 0.286. The summed E-state index contributed by atoms with van der Waals surface area (Å²) < 4.78 is 0. The summed E-state index contributed by atoms with van der Waals surface area (Å²) in [4.78, 5) is 18.2. The summed E-state index contributed by atoms with van der Waals surface area (Å²) in [6, 6.07) is 0. The lowest BCUT2D eigenvalue weighted by Gasteiger charge is -2.01. The fourth-order valence-corrected chi connectivity index (χ4v) is 0.969. The van der Waals surface area contributed by atoms with Crippen LogP contribution in [0.4, 0.5) is 0 Å². The Morgan fingerprint density at radius 1 is 1.77 bits per heavy atom. The maximum absolute atomic E-state index is 10.6. The second-order valence-electron chi connectivity index (χ2n) is 2.32. The number of aromatic nitrogens is 2. The van der Waals surface area contributed by atoms with E-state index in [1.54, 1.807) is 7.05 Å². The summed E-state index contributed by atoms with van der Waals surface area (Å²) in [5.74, 6) is -0.742. The van der Waals surface area contributed by atoms with E-state index in [0.29, 0.717) is 12.4 Å². The molecule has 0 aliphatic carbocycles. The number of carbonyl (C=O) groups is 1. The van der Waals surface area contributed by atoms with Crippen molar-refractivity contribution in [3.05, 3.63) is 22.7 Å². The second kappa shape index (κ2) is 4.15. The van der Waals surface area contributed by atoms with E-state index < -0.39 is 5.97 Å². The molecule has 5 nitrogen and oxygen atoms in total. The van der Waals surface area contributed by atoms with Gasteiger partial charge in [0.05, 0.1) is 17.8 Å². The highest BCUT2D eigenvalue weighted by Crippen LogP contribution is 2.11. The minimum Gasteiger partial charge on any atom is -0.476 e. The highest BCUT2D eigenvalue weighted by Gasteiger charge is 2.11. The Kier molecular flexibility index (Phi) is 3.16. The molecule has 0 atom stereocenters. The van der Waals surface area contributed by atoms with Crippen LogP contribution in [-0.4, -0.2) is 28.1 Å². The number of nitrogens with one attached hydrogen (secondary N) is 1. The number of rotatable bonds is 3. The van der Waals surface area contributed by atoms with Gasteiger partial charge < -0.3 is 10.4 Å². The largest absolute Gasteiger partial charge is 0.476 e. The molecule has 1 rings (SSSR count). The first kappa shape index (κ1) is 9.88. The Morgan fingerprint density at radius 3 is 3.00 bits per heavy atom. The molecule has 1 aromatic rings. The zero-order valence-corrected chi connectivity index (χ0v) is 7.67. The molecule has 0 fully saturated rings. The summed E-state index contributed by atoms with van der Waals surface area (Å²) in [7, 11) is 1.72. The summed E-state index contributed by atoms with van der Waals surface area (Å²) in [5, 5.41) is 11.5. The summed E-state index contributed by atoms with van der Waals surface area (Å²) in [6.45, 7) is 0.414. The average molecular weight is 202 g/mol. The number of hydrogen-bond acceptors (Lipinski definition) is 4. The van der Waals surface area contributed by atoms with Crippen molar-refractivity contribution >= 4 is 17.6 Å². The van der Waals surface area contributed by atoms with E-state index in [4.69, 9.17) is 16.7 Å². The van der Waals surface area contributed by atoms with Gasteiger partial charge in [-0.3, -0.25) is 0 Å². The predicted molar refractivity (Wildman–Crippen MR) is 46.8 cm³/mol. The van der Waals surface area contributed by atoms with Gasteiger partial charge in [-0.15, -0.1) is 0 Å². The van der Waals surface area contributed by atoms with E-state index in [9.17, 15) is 4.79 Å². The van der Waals surface area contributed by atoms with Crippen LogP contribution >= 0.6 is 11.6 Å². The van der Waals surface area contributed by atoms with Gasteiger partial charge in [0.2, 0.25) is 0 Å². The van der Waals surface area contributed by atoms with Crippen LogP contribution in [0.5, 0.6) is 0 Å². The maximum atomic E-state index is 10.6. The predicted octanol–water partition coefficient (Wildman–Crippen LogP) is 0.548. The molecule has 13 heavy (non-hydrogen) atoms. The maximum Gasteiger partial charge on any atom is 0.356 e. The summed E-state index contributed by atoms with van der Waals surface area (Å²) in [5.41, 5.74) is -0.165. The molecule has 0 spiro atoms. The van der Waals surface area contributed by atoms with Crippen molar-refractivity contribution in [3.63, 3.8) is 0 Å². The van der Waals surface area contributed by atoms with E-state index in [0.717, 1.165) is 0 Å². The Bertz CT molecular complexity index is 330. The zero-order chi connectivity index (χ0) is 9.84. The van der Waals surface area contributed by atoms with Gasteiger partial charge in [-0.05, 0) is 7.05 Å². The molecule has 6 heteroatoms. The topological polar surface area (TPSA) is 75.1 Å². The van der Waals surface area contributed by atoms with Gasteiger partial charge in [0, 0.05) is 0 Å². The number of nitrogens with zero attached hydrogens (tertiary/aromatic N) is 2. The van der Waals surface area contributed by atoms with E-state index in [1.807, 2.05) is 0 Å². The minimum absolute atomic E-state index is 0.0485. The molecule has 2 N–H and O–H groups in total. The second-order valence-corrected chi connectivity index (χ2v) is 2.73. The van der Waals surface area contributed by atoms with Gasteiger partial charge in [0.15, 0.2) is 5.69 Å². The van der Waals surface area contributed by atoms with Crippen LogP contribution in [0.3, 0.4) is 0 Å². The van der Waals surface area contributed by atoms with E-state index >= 15 is 0 Å². The number of hydrogen-bond donors (Lipinski definition) is 2. The Morgan fingerprint density at radius 2 is 2.46 bits per heavy atom.